The zero-order chi connectivity index (χ0) is 21.8. The molecule has 7 heteroatoms. The van der Waals surface area contributed by atoms with Crippen LogP contribution in [-0.2, 0) is 11.3 Å². The van der Waals surface area contributed by atoms with Crippen LogP contribution in [0.4, 0.5) is 10.6 Å². The number of halogens is 1. The molecule has 2 saturated heterocycles. The zero-order valence-electron chi connectivity index (χ0n) is 18.2. The first-order chi connectivity index (χ1) is 14.8. The van der Waals surface area contributed by atoms with E-state index in [4.69, 9.17) is 14.5 Å². The fourth-order valence-electron chi connectivity index (χ4n) is 5.04. The summed E-state index contributed by atoms with van der Waals surface area (Å²) in [6.07, 6.45) is 3.71. The number of hydrogen-bond acceptors (Lipinski definition) is 5. The Bertz CT molecular complexity index is 1010. The second-order valence-corrected chi connectivity index (χ2v) is 10.6. The molecule has 2 fully saturated rings. The van der Waals surface area contributed by atoms with E-state index in [1.165, 1.54) is 5.56 Å². The van der Waals surface area contributed by atoms with Crippen molar-refractivity contribution >= 4 is 27.8 Å². The molecule has 0 radical (unpaired) electrons. The van der Waals surface area contributed by atoms with Crippen LogP contribution in [-0.4, -0.2) is 39.7 Å². The number of nitrogens with one attached hydrogen (secondary N) is 1. The van der Waals surface area contributed by atoms with Crippen LogP contribution in [0, 0.1) is 0 Å². The second kappa shape index (κ2) is 7.69. The smallest absolute Gasteiger partial charge is 0.410 e. The fraction of sp³-hybridized carbons (Fsp3) is 0.500. The van der Waals surface area contributed by atoms with Gasteiger partial charge in [0, 0.05) is 28.2 Å². The minimum absolute atomic E-state index is 0.177. The highest BCUT2D eigenvalue weighted by Gasteiger charge is 2.45. The van der Waals surface area contributed by atoms with Crippen LogP contribution in [0.15, 0.2) is 34.8 Å². The first kappa shape index (κ1) is 20.6. The van der Waals surface area contributed by atoms with E-state index in [9.17, 15) is 4.79 Å². The number of aromatic nitrogens is 1. The third-order valence-electron chi connectivity index (χ3n) is 6.27. The maximum absolute atomic E-state index is 12.7. The van der Waals surface area contributed by atoms with E-state index in [2.05, 4.69) is 39.4 Å². The number of anilines is 1. The predicted octanol–water partition coefficient (Wildman–Crippen LogP) is 5.75. The average Bonchev–Trinajstić information content (AvgIpc) is 2.97. The summed E-state index contributed by atoms with van der Waals surface area (Å²) in [7, 11) is 0. The maximum atomic E-state index is 12.7. The summed E-state index contributed by atoms with van der Waals surface area (Å²) >= 11 is 3.53. The number of rotatable bonds is 2. The second-order valence-electron chi connectivity index (χ2n) is 9.72. The van der Waals surface area contributed by atoms with E-state index in [-0.39, 0.29) is 24.2 Å². The van der Waals surface area contributed by atoms with E-state index < -0.39 is 5.60 Å². The van der Waals surface area contributed by atoms with Gasteiger partial charge >= 0.3 is 6.09 Å². The van der Waals surface area contributed by atoms with Crippen molar-refractivity contribution in [1.29, 1.82) is 0 Å². The largest absolute Gasteiger partial charge is 0.472 e. The Morgan fingerprint density at radius 3 is 2.58 bits per heavy atom. The number of benzene rings is 1. The first-order valence-electron chi connectivity index (χ1n) is 11.0. The highest BCUT2D eigenvalue weighted by Crippen LogP contribution is 2.40. The standard InChI is InChI=1S/C24H28BrN3O3/c1-24(2,3)31-23(29)28-17-5-6-18(28)12-16(11-17)26-21-9-8-20-19-7-4-15(25)10-14(19)13-30-22(20)27-21/h4,7-10,16-18H,5-6,11-13H2,1-3H3,(H,26,27). The third-order valence-corrected chi connectivity index (χ3v) is 6.76. The molecule has 3 aliphatic heterocycles. The number of nitrogens with zero attached hydrogens (tertiary/aromatic N) is 2. The van der Waals surface area contributed by atoms with Gasteiger partial charge in [-0.2, -0.15) is 4.98 Å². The van der Waals surface area contributed by atoms with Crippen LogP contribution in [0.25, 0.3) is 11.1 Å². The number of carbonyl (C=O) groups excluding carboxylic acids is 1. The number of fused-ring (bicyclic) bond motifs is 5. The van der Waals surface area contributed by atoms with Crippen molar-refractivity contribution < 1.29 is 14.3 Å². The highest BCUT2D eigenvalue weighted by molar-refractivity contribution is 9.10. The summed E-state index contributed by atoms with van der Waals surface area (Å²) in [5.74, 6) is 1.50. The van der Waals surface area contributed by atoms with Gasteiger partial charge < -0.3 is 19.7 Å². The molecule has 2 atom stereocenters. The van der Waals surface area contributed by atoms with Crippen molar-refractivity contribution in [1.82, 2.24) is 9.88 Å². The molecule has 2 unspecified atom stereocenters. The lowest BCUT2D eigenvalue weighted by atomic mass is 9.97. The summed E-state index contributed by atoms with van der Waals surface area (Å²) in [4.78, 5) is 19.4. The van der Waals surface area contributed by atoms with Gasteiger partial charge in [0.25, 0.3) is 0 Å². The van der Waals surface area contributed by atoms with Crippen LogP contribution in [0.3, 0.4) is 0 Å². The van der Waals surface area contributed by atoms with Gasteiger partial charge in [0.05, 0.1) is 0 Å². The number of carbonyl (C=O) groups is 1. The quantitative estimate of drug-likeness (QED) is 0.586. The summed E-state index contributed by atoms with van der Waals surface area (Å²) in [5.41, 5.74) is 2.90. The van der Waals surface area contributed by atoms with Crippen molar-refractivity contribution in [2.24, 2.45) is 0 Å². The number of hydrogen-bond donors (Lipinski definition) is 1. The van der Waals surface area contributed by atoms with Crippen LogP contribution in [0.5, 0.6) is 5.88 Å². The van der Waals surface area contributed by atoms with E-state index in [0.717, 1.165) is 47.1 Å². The Kier molecular flexibility index (Phi) is 5.12. The van der Waals surface area contributed by atoms with Crippen molar-refractivity contribution in [3.8, 4) is 17.0 Å². The zero-order valence-corrected chi connectivity index (χ0v) is 19.7. The van der Waals surface area contributed by atoms with Crippen LogP contribution in [0.1, 0.15) is 52.0 Å². The molecule has 5 rings (SSSR count). The van der Waals surface area contributed by atoms with Gasteiger partial charge in [-0.1, -0.05) is 22.0 Å². The SMILES string of the molecule is CC(C)(C)OC(=O)N1C2CCC1CC(Nc1ccc3c(n1)OCc1cc(Br)ccc1-3)C2. The molecule has 0 aliphatic carbocycles. The molecule has 31 heavy (non-hydrogen) atoms. The number of piperidine rings is 1. The molecule has 0 saturated carbocycles. The summed E-state index contributed by atoms with van der Waals surface area (Å²) in [5, 5.41) is 3.60. The van der Waals surface area contributed by atoms with E-state index >= 15 is 0 Å². The molecule has 3 aliphatic rings. The number of pyridine rings is 1. The minimum atomic E-state index is -0.465. The molecule has 1 amide bonds. The summed E-state index contributed by atoms with van der Waals surface area (Å²) < 4.78 is 12.6. The third kappa shape index (κ3) is 4.12. The molecule has 6 nitrogen and oxygen atoms in total. The van der Waals surface area contributed by atoms with Crippen molar-refractivity contribution in [2.75, 3.05) is 5.32 Å². The van der Waals surface area contributed by atoms with Gasteiger partial charge in [0.15, 0.2) is 0 Å². The summed E-state index contributed by atoms with van der Waals surface area (Å²) in [6, 6.07) is 11.1. The molecule has 0 spiro atoms. The fourth-order valence-corrected chi connectivity index (χ4v) is 5.45. The first-order valence-corrected chi connectivity index (χ1v) is 11.8. The molecule has 1 aromatic carbocycles. The minimum Gasteiger partial charge on any atom is -0.472 e. The Morgan fingerprint density at radius 2 is 1.87 bits per heavy atom. The van der Waals surface area contributed by atoms with Crippen molar-refractivity contribution in [3.05, 3.63) is 40.4 Å². The molecular formula is C24H28BrN3O3. The lowest BCUT2D eigenvalue weighted by Crippen LogP contribution is -2.51. The topological polar surface area (TPSA) is 63.7 Å². The highest BCUT2D eigenvalue weighted by atomic mass is 79.9. The Hall–Kier alpha value is -2.28. The lowest BCUT2D eigenvalue weighted by molar-refractivity contribution is 0.00683. The molecular weight excluding hydrogens is 458 g/mol. The van der Waals surface area contributed by atoms with Crippen LogP contribution >= 0.6 is 15.9 Å². The van der Waals surface area contributed by atoms with Gasteiger partial charge in [-0.3, -0.25) is 0 Å². The molecule has 2 bridgehead atoms. The average molecular weight is 486 g/mol. The molecule has 1 N–H and O–H groups in total. The Balaban J connectivity index is 1.28. The van der Waals surface area contributed by atoms with E-state index in [1.54, 1.807) is 0 Å². The van der Waals surface area contributed by atoms with Crippen LogP contribution < -0.4 is 10.1 Å². The molecule has 164 valence electrons. The molecule has 2 aromatic rings. The lowest BCUT2D eigenvalue weighted by Gasteiger charge is -2.39. The van der Waals surface area contributed by atoms with Crippen molar-refractivity contribution in [3.63, 3.8) is 0 Å². The van der Waals surface area contributed by atoms with Gasteiger partial charge in [-0.05, 0) is 81.8 Å². The van der Waals surface area contributed by atoms with Crippen molar-refractivity contribution in [2.45, 2.75) is 76.8 Å². The van der Waals surface area contributed by atoms with Crippen LogP contribution in [0.2, 0.25) is 0 Å². The van der Waals surface area contributed by atoms with Gasteiger partial charge in [-0.15, -0.1) is 0 Å². The van der Waals surface area contributed by atoms with Gasteiger partial charge in [0.2, 0.25) is 5.88 Å². The molecule has 1 aromatic heterocycles. The normalized spacial score (nSPS) is 24.1. The summed E-state index contributed by atoms with van der Waals surface area (Å²) in [6.45, 7) is 6.28. The molecule has 4 heterocycles. The Labute approximate surface area is 191 Å². The van der Waals surface area contributed by atoms with Gasteiger partial charge in [0.1, 0.15) is 18.0 Å². The van der Waals surface area contributed by atoms with Gasteiger partial charge in [-0.25, -0.2) is 4.79 Å². The maximum Gasteiger partial charge on any atom is 0.410 e. The Morgan fingerprint density at radius 1 is 1.16 bits per heavy atom. The number of amides is 1. The number of ether oxygens (including phenoxy) is 2. The predicted molar refractivity (Wildman–Crippen MR) is 123 cm³/mol. The monoisotopic (exact) mass is 485 g/mol. The van der Waals surface area contributed by atoms with E-state index in [0.29, 0.717) is 12.5 Å². The van der Waals surface area contributed by atoms with E-state index in [1.807, 2.05) is 37.8 Å².